The number of nitrogens with zero attached hydrogens (tertiary/aromatic N) is 2. The molecule has 0 radical (unpaired) electrons. The van der Waals surface area contributed by atoms with Crippen LogP contribution in [0.3, 0.4) is 0 Å². The van der Waals surface area contributed by atoms with Crippen LogP contribution < -0.4 is 5.32 Å². The Morgan fingerprint density at radius 3 is 2.92 bits per heavy atom. The fourth-order valence-electron chi connectivity index (χ4n) is 2.53. The van der Waals surface area contributed by atoms with Gasteiger partial charge in [-0.15, -0.1) is 11.3 Å². The van der Waals surface area contributed by atoms with E-state index in [1.807, 2.05) is 18.2 Å². The zero-order valence-corrected chi connectivity index (χ0v) is 14.0. The third-order valence-electron chi connectivity index (χ3n) is 3.74. The first-order chi connectivity index (χ1) is 12.6. The molecule has 1 amide bonds. The molecule has 2 aromatic heterocycles. The molecular weight excluding hydrogens is 360 g/mol. The van der Waals surface area contributed by atoms with Crippen LogP contribution in [-0.4, -0.2) is 16.0 Å². The van der Waals surface area contributed by atoms with E-state index in [0.29, 0.717) is 16.4 Å². The average molecular weight is 371 g/mol. The lowest BCUT2D eigenvalue weighted by atomic mass is 10.1. The largest absolute Gasteiger partial charge is 0.356 e. The van der Waals surface area contributed by atoms with Crippen molar-refractivity contribution < 1.29 is 18.1 Å². The van der Waals surface area contributed by atoms with E-state index >= 15 is 0 Å². The van der Waals surface area contributed by atoms with Crippen LogP contribution in [0.5, 0.6) is 0 Å². The summed E-state index contributed by atoms with van der Waals surface area (Å²) >= 11 is 1.13. The van der Waals surface area contributed by atoms with Gasteiger partial charge in [0.15, 0.2) is 10.7 Å². The first kappa shape index (κ1) is 16.3. The molecule has 0 spiro atoms. The second-order valence-corrected chi connectivity index (χ2v) is 6.37. The summed E-state index contributed by atoms with van der Waals surface area (Å²) in [5.74, 6) is -1.47. The molecule has 0 bridgehead atoms. The maximum Gasteiger partial charge on any atom is 0.232 e. The molecule has 130 valence electrons. The Kier molecular flexibility index (Phi) is 4.18. The van der Waals surface area contributed by atoms with Gasteiger partial charge in [-0.2, -0.15) is 0 Å². The molecule has 26 heavy (non-hydrogen) atoms. The van der Waals surface area contributed by atoms with Gasteiger partial charge in [0.05, 0.1) is 12.1 Å². The molecule has 8 heteroatoms. The summed E-state index contributed by atoms with van der Waals surface area (Å²) < 4.78 is 32.3. The van der Waals surface area contributed by atoms with Crippen molar-refractivity contribution in [3.8, 4) is 11.3 Å². The number of carbonyl (C=O) groups excluding carboxylic acids is 1. The van der Waals surface area contributed by atoms with Crippen molar-refractivity contribution in [3.63, 3.8) is 0 Å². The number of aromatic nitrogens is 2. The predicted molar refractivity (Wildman–Crippen MR) is 93.8 cm³/mol. The summed E-state index contributed by atoms with van der Waals surface area (Å²) in [4.78, 5) is 16.4. The Labute approximate surface area is 150 Å². The standard InChI is InChI=1S/C18H11F2N3O2S/c19-10-5-6-13(20)12(7-10)15-9-26-18(21-15)22-17(24)8-14-11-3-1-2-4-16(11)25-23-14/h1-7,9H,8H2,(H,21,22,24). The van der Waals surface area contributed by atoms with Crippen LogP contribution in [-0.2, 0) is 11.2 Å². The highest BCUT2D eigenvalue weighted by atomic mass is 32.1. The molecule has 2 heterocycles. The minimum atomic E-state index is -0.580. The SMILES string of the molecule is O=C(Cc1noc2ccccc12)Nc1nc(-c2cc(F)ccc2F)cs1. The molecule has 0 atom stereocenters. The van der Waals surface area contributed by atoms with Crippen molar-refractivity contribution in [1.29, 1.82) is 0 Å². The van der Waals surface area contributed by atoms with E-state index in [1.165, 1.54) is 0 Å². The number of para-hydroxylation sites is 1. The Balaban J connectivity index is 1.50. The van der Waals surface area contributed by atoms with Gasteiger partial charge in [0.1, 0.15) is 17.3 Å². The second kappa shape index (κ2) is 6.64. The number of rotatable bonds is 4. The maximum atomic E-state index is 13.8. The molecule has 0 aliphatic rings. The third kappa shape index (κ3) is 3.18. The van der Waals surface area contributed by atoms with Gasteiger partial charge in [-0.25, -0.2) is 13.8 Å². The lowest BCUT2D eigenvalue weighted by molar-refractivity contribution is -0.115. The van der Waals surface area contributed by atoms with Crippen molar-refractivity contribution in [2.45, 2.75) is 6.42 Å². The number of thiazole rings is 1. The first-order valence-electron chi connectivity index (χ1n) is 7.64. The number of halogens is 2. The summed E-state index contributed by atoms with van der Waals surface area (Å²) in [5, 5.41) is 9.16. The molecule has 4 rings (SSSR count). The number of nitrogens with one attached hydrogen (secondary N) is 1. The minimum Gasteiger partial charge on any atom is -0.356 e. The van der Waals surface area contributed by atoms with Crippen LogP contribution in [0.4, 0.5) is 13.9 Å². The van der Waals surface area contributed by atoms with E-state index < -0.39 is 11.6 Å². The second-order valence-electron chi connectivity index (χ2n) is 5.51. The fourth-order valence-corrected chi connectivity index (χ4v) is 3.26. The van der Waals surface area contributed by atoms with Crippen molar-refractivity contribution >= 4 is 33.3 Å². The van der Waals surface area contributed by atoms with Gasteiger partial charge >= 0.3 is 0 Å². The van der Waals surface area contributed by atoms with E-state index in [0.717, 1.165) is 34.9 Å². The molecule has 4 aromatic rings. The molecule has 0 aliphatic heterocycles. The average Bonchev–Trinajstić information content (AvgIpc) is 3.25. The molecule has 1 N–H and O–H groups in total. The van der Waals surface area contributed by atoms with Crippen LogP contribution in [0.25, 0.3) is 22.2 Å². The van der Waals surface area contributed by atoms with Gasteiger partial charge in [-0.1, -0.05) is 17.3 Å². The molecule has 0 aliphatic carbocycles. The summed E-state index contributed by atoms with van der Waals surface area (Å²) in [7, 11) is 0. The smallest absolute Gasteiger partial charge is 0.232 e. The van der Waals surface area contributed by atoms with Crippen LogP contribution in [0.2, 0.25) is 0 Å². The van der Waals surface area contributed by atoms with E-state index in [9.17, 15) is 13.6 Å². The fraction of sp³-hybridized carbons (Fsp3) is 0.0556. The zero-order chi connectivity index (χ0) is 18.1. The lowest BCUT2D eigenvalue weighted by Gasteiger charge is -2.01. The van der Waals surface area contributed by atoms with Crippen molar-refractivity contribution in [2.75, 3.05) is 5.32 Å². The topological polar surface area (TPSA) is 68.0 Å². The van der Waals surface area contributed by atoms with E-state index in [4.69, 9.17) is 4.52 Å². The first-order valence-corrected chi connectivity index (χ1v) is 8.52. The summed E-state index contributed by atoms with van der Waals surface area (Å²) in [6.07, 6.45) is 0.0141. The molecule has 0 fully saturated rings. The third-order valence-corrected chi connectivity index (χ3v) is 4.49. The Morgan fingerprint density at radius 1 is 1.19 bits per heavy atom. The number of fused-ring (bicyclic) bond motifs is 1. The number of hydrogen-bond donors (Lipinski definition) is 1. The van der Waals surface area contributed by atoms with E-state index in [-0.39, 0.29) is 23.6 Å². The molecule has 0 saturated carbocycles. The van der Waals surface area contributed by atoms with Gasteiger partial charge < -0.3 is 9.84 Å². The number of benzene rings is 2. The highest BCUT2D eigenvalue weighted by Crippen LogP contribution is 2.28. The van der Waals surface area contributed by atoms with Gasteiger partial charge in [-0.3, -0.25) is 4.79 Å². The van der Waals surface area contributed by atoms with Crippen molar-refractivity contribution in [3.05, 3.63) is 65.2 Å². The number of hydrogen-bond acceptors (Lipinski definition) is 5. The predicted octanol–water partition coefficient (Wildman–Crippen LogP) is 4.41. The molecule has 0 saturated heterocycles. The minimum absolute atomic E-state index is 0.0141. The van der Waals surface area contributed by atoms with Crippen molar-refractivity contribution in [1.82, 2.24) is 10.1 Å². The molecule has 2 aromatic carbocycles. The molecule has 0 unspecified atom stereocenters. The van der Waals surface area contributed by atoms with Gasteiger partial charge in [0.2, 0.25) is 5.91 Å². The van der Waals surface area contributed by atoms with Crippen molar-refractivity contribution in [2.24, 2.45) is 0 Å². The van der Waals surface area contributed by atoms with Crippen LogP contribution >= 0.6 is 11.3 Å². The summed E-state index contributed by atoms with van der Waals surface area (Å²) in [6, 6.07) is 10.4. The highest BCUT2D eigenvalue weighted by molar-refractivity contribution is 7.14. The van der Waals surface area contributed by atoms with Crippen LogP contribution in [0, 0.1) is 11.6 Å². The van der Waals surface area contributed by atoms with Crippen LogP contribution in [0.1, 0.15) is 5.69 Å². The molecular formula is C18H11F2N3O2S. The molecule has 5 nitrogen and oxygen atoms in total. The van der Waals surface area contributed by atoms with Gasteiger partial charge in [-0.05, 0) is 30.3 Å². The summed E-state index contributed by atoms with van der Waals surface area (Å²) in [5.41, 5.74) is 1.43. The lowest BCUT2D eigenvalue weighted by Crippen LogP contribution is -2.14. The Bertz CT molecular complexity index is 1110. The number of amides is 1. The normalized spacial score (nSPS) is 11.0. The van der Waals surface area contributed by atoms with Gasteiger partial charge in [0.25, 0.3) is 0 Å². The number of anilines is 1. The monoisotopic (exact) mass is 371 g/mol. The Hall–Kier alpha value is -3.13. The quantitative estimate of drug-likeness (QED) is 0.577. The van der Waals surface area contributed by atoms with Gasteiger partial charge in [0, 0.05) is 16.3 Å². The van der Waals surface area contributed by atoms with E-state index in [2.05, 4.69) is 15.5 Å². The van der Waals surface area contributed by atoms with E-state index in [1.54, 1.807) is 11.4 Å². The Morgan fingerprint density at radius 2 is 2.04 bits per heavy atom. The highest BCUT2D eigenvalue weighted by Gasteiger charge is 2.15. The van der Waals surface area contributed by atoms with Crippen LogP contribution in [0.15, 0.2) is 52.4 Å². The maximum absolute atomic E-state index is 13.8. The summed E-state index contributed by atoms with van der Waals surface area (Å²) in [6.45, 7) is 0. The number of carbonyl (C=O) groups is 1. The zero-order valence-electron chi connectivity index (χ0n) is 13.2.